The first-order chi connectivity index (χ1) is 18.3. The minimum absolute atomic E-state index is 0.0552. The number of para-hydroxylation sites is 1. The molecule has 0 bridgehead atoms. The minimum atomic E-state index is -3.96. The molecular weight excluding hydrogens is 574 g/mol. The molecular formula is C25H20BrN7O4S. The Kier molecular flexibility index (Phi) is 5.95. The molecule has 13 heteroatoms. The molecule has 1 aliphatic rings. The molecule has 0 amide bonds. The number of hydrogen-bond donors (Lipinski definition) is 0. The van der Waals surface area contributed by atoms with Crippen molar-refractivity contribution in [3.05, 3.63) is 87.4 Å². The first-order valence-electron chi connectivity index (χ1n) is 11.7. The number of non-ortho nitro benzene ring substituents is 1. The molecule has 5 aromatic rings. The van der Waals surface area contributed by atoms with E-state index in [2.05, 4.69) is 36.0 Å². The molecule has 11 nitrogen and oxygen atoms in total. The van der Waals surface area contributed by atoms with Crippen molar-refractivity contribution in [1.29, 1.82) is 0 Å². The Hall–Kier alpha value is -4.10. The Morgan fingerprint density at radius 1 is 0.868 bits per heavy atom. The van der Waals surface area contributed by atoms with E-state index in [0.717, 1.165) is 15.5 Å². The van der Waals surface area contributed by atoms with Crippen molar-refractivity contribution in [2.24, 2.45) is 0 Å². The van der Waals surface area contributed by atoms with Gasteiger partial charge >= 0.3 is 0 Å². The smallest absolute Gasteiger partial charge is 0.269 e. The number of fused-ring (bicyclic) bond motifs is 3. The molecule has 0 N–H and O–H groups in total. The van der Waals surface area contributed by atoms with Crippen LogP contribution in [0, 0.1) is 10.1 Å². The quantitative estimate of drug-likeness (QED) is 0.218. The van der Waals surface area contributed by atoms with Crippen LogP contribution in [0.5, 0.6) is 0 Å². The number of anilines is 2. The molecule has 3 heterocycles. The summed E-state index contributed by atoms with van der Waals surface area (Å²) in [5.74, 6) is 0.658. The fourth-order valence-corrected chi connectivity index (χ4v) is 6.13. The van der Waals surface area contributed by atoms with Crippen LogP contribution in [-0.4, -0.2) is 59.3 Å². The zero-order chi connectivity index (χ0) is 26.4. The summed E-state index contributed by atoms with van der Waals surface area (Å²) in [4.78, 5) is 19.8. The maximum atomic E-state index is 13.5. The number of piperazine rings is 1. The predicted molar refractivity (Wildman–Crippen MR) is 145 cm³/mol. The number of nitrogens with zero attached hydrogens (tertiary/aromatic N) is 7. The molecule has 1 aliphatic heterocycles. The van der Waals surface area contributed by atoms with E-state index in [1.807, 2.05) is 24.3 Å². The third kappa shape index (κ3) is 4.13. The van der Waals surface area contributed by atoms with E-state index in [4.69, 9.17) is 4.98 Å². The van der Waals surface area contributed by atoms with Gasteiger partial charge in [-0.1, -0.05) is 33.3 Å². The summed E-state index contributed by atoms with van der Waals surface area (Å²) in [7, 11) is -3.96. The van der Waals surface area contributed by atoms with E-state index >= 15 is 0 Å². The van der Waals surface area contributed by atoms with E-state index < -0.39 is 14.8 Å². The van der Waals surface area contributed by atoms with E-state index in [1.165, 1.54) is 28.8 Å². The summed E-state index contributed by atoms with van der Waals surface area (Å²) in [5.41, 5.74) is 1.83. The molecule has 0 radical (unpaired) electrons. The minimum Gasteiger partial charge on any atom is -0.368 e. The van der Waals surface area contributed by atoms with Gasteiger partial charge in [0.15, 0.2) is 5.65 Å². The normalized spacial score (nSPS) is 14.3. The molecule has 38 heavy (non-hydrogen) atoms. The number of hydrogen-bond acceptors (Lipinski definition) is 9. The third-order valence-electron chi connectivity index (χ3n) is 6.59. The van der Waals surface area contributed by atoms with Crippen LogP contribution in [0.15, 0.2) is 87.2 Å². The number of nitro benzene ring substituents is 1. The van der Waals surface area contributed by atoms with Gasteiger partial charge in [-0.2, -0.15) is 4.52 Å². The summed E-state index contributed by atoms with van der Waals surface area (Å²) in [6, 6.07) is 20.5. The molecule has 0 aliphatic carbocycles. The zero-order valence-electron chi connectivity index (χ0n) is 19.8. The van der Waals surface area contributed by atoms with Gasteiger partial charge in [-0.3, -0.25) is 10.1 Å². The zero-order valence-corrected chi connectivity index (χ0v) is 22.2. The van der Waals surface area contributed by atoms with Gasteiger partial charge in [0.1, 0.15) is 5.82 Å². The van der Waals surface area contributed by atoms with Crippen molar-refractivity contribution in [3.63, 3.8) is 0 Å². The second-order valence-corrected chi connectivity index (χ2v) is 11.6. The summed E-state index contributed by atoms with van der Waals surface area (Å²) < 4.78 is 29.2. The Labute approximate surface area is 225 Å². The predicted octanol–water partition coefficient (Wildman–Crippen LogP) is 4.11. The van der Waals surface area contributed by atoms with Crippen molar-refractivity contribution >= 4 is 59.5 Å². The molecule has 1 fully saturated rings. The van der Waals surface area contributed by atoms with Gasteiger partial charge in [0.05, 0.1) is 15.3 Å². The fraction of sp³-hybridized carbons (Fsp3) is 0.160. The standard InChI is InChI=1S/C25H20BrN7O4S/c26-17-5-11-20(12-6-17)38(36,37)25-24-27-23(21-3-1-2-4-22(21)32(24)29-28-25)31-15-13-30(14-16-31)18-7-9-19(10-8-18)33(34)35/h1-12H,13-16H2. The van der Waals surface area contributed by atoms with Crippen molar-refractivity contribution in [2.45, 2.75) is 9.92 Å². The van der Waals surface area contributed by atoms with E-state index in [0.29, 0.717) is 37.5 Å². The lowest BCUT2D eigenvalue weighted by molar-refractivity contribution is -0.384. The highest BCUT2D eigenvalue weighted by molar-refractivity contribution is 9.10. The summed E-state index contributed by atoms with van der Waals surface area (Å²) >= 11 is 3.33. The number of aromatic nitrogens is 4. The molecule has 0 spiro atoms. The van der Waals surface area contributed by atoms with Crippen LogP contribution in [0.25, 0.3) is 16.6 Å². The molecule has 1 saturated heterocycles. The molecule has 0 unspecified atom stereocenters. The molecule has 6 rings (SSSR count). The van der Waals surface area contributed by atoms with E-state index in [-0.39, 0.29) is 21.3 Å². The van der Waals surface area contributed by atoms with Gasteiger partial charge in [0, 0.05) is 53.9 Å². The van der Waals surface area contributed by atoms with E-state index in [1.54, 1.807) is 24.3 Å². The Bertz CT molecular complexity index is 1780. The van der Waals surface area contributed by atoms with Gasteiger partial charge in [0.2, 0.25) is 14.9 Å². The first-order valence-corrected chi connectivity index (χ1v) is 14.0. The van der Waals surface area contributed by atoms with Gasteiger partial charge in [0.25, 0.3) is 5.69 Å². The van der Waals surface area contributed by atoms with Crippen molar-refractivity contribution in [3.8, 4) is 0 Å². The first kappa shape index (κ1) is 24.2. The van der Waals surface area contributed by atoms with Crippen LogP contribution >= 0.6 is 15.9 Å². The van der Waals surface area contributed by atoms with Crippen molar-refractivity contribution < 1.29 is 13.3 Å². The van der Waals surface area contributed by atoms with Gasteiger partial charge in [-0.05, 0) is 48.5 Å². The van der Waals surface area contributed by atoms with Gasteiger partial charge in [-0.15, -0.1) is 5.10 Å². The van der Waals surface area contributed by atoms with Crippen LogP contribution in [0.1, 0.15) is 0 Å². The lowest BCUT2D eigenvalue weighted by Gasteiger charge is -2.37. The maximum Gasteiger partial charge on any atom is 0.269 e. The van der Waals surface area contributed by atoms with Gasteiger partial charge < -0.3 is 9.80 Å². The number of benzene rings is 3. The topological polar surface area (TPSA) is 127 Å². The lowest BCUT2D eigenvalue weighted by atomic mass is 10.2. The highest BCUT2D eigenvalue weighted by Gasteiger charge is 2.29. The Morgan fingerprint density at radius 2 is 1.53 bits per heavy atom. The maximum absolute atomic E-state index is 13.5. The lowest BCUT2D eigenvalue weighted by Crippen LogP contribution is -2.47. The second kappa shape index (κ2) is 9.33. The van der Waals surface area contributed by atoms with Crippen LogP contribution < -0.4 is 9.80 Å². The summed E-state index contributed by atoms with van der Waals surface area (Å²) in [6.07, 6.45) is 0. The Balaban J connectivity index is 1.37. The average molecular weight is 594 g/mol. The highest BCUT2D eigenvalue weighted by Crippen LogP contribution is 2.31. The molecule has 2 aromatic heterocycles. The number of sulfone groups is 1. The Morgan fingerprint density at radius 3 is 2.21 bits per heavy atom. The average Bonchev–Trinajstić information content (AvgIpc) is 3.38. The monoisotopic (exact) mass is 593 g/mol. The van der Waals surface area contributed by atoms with Gasteiger partial charge in [-0.25, -0.2) is 13.4 Å². The SMILES string of the molecule is O=[N+]([O-])c1ccc(N2CCN(c3nc4c(S(=O)(=O)c5ccc(Br)cc5)nnn4c4ccccc34)CC2)cc1. The highest BCUT2D eigenvalue weighted by atomic mass is 79.9. The number of halogens is 1. The van der Waals surface area contributed by atoms with Crippen LogP contribution in [-0.2, 0) is 9.84 Å². The molecule has 192 valence electrons. The van der Waals surface area contributed by atoms with E-state index in [9.17, 15) is 18.5 Å². The summed E-state index contributed by atoms with van der Waals surface area (Å²) in [5, 5.41) is 19.8. The third-order valence-corrected chi connectivity index (χ3v) is 8.78. The van der Waals surface area contributed by atoms with Crippen molar-refractivity contribution in [1.82, 2.24) is 19.8 Å². The second-order valence-electron chi connectivity index (χ2n) is 8.79. The van der Waals surface area contributed by atoms with Crippen LogP contribution in [0.3, 0.4) is 0 Å². The molecule has 0 saturated carbocycles. The number of nitro groups is 1. The van der Waals surface area contributed by atoms with Crippen LogP contribution in [0.4, 0.5) is 17.2 Å². The summed E-state index contributed by atoms with van der Waals surface area (Å²) in [6.45, 7) is 2.59. The largest absolute Gasteiger partial charge is 0.368 e. The fourth-order valence-electron chi connectivity index (χ4n) is 4.63. The number of rotatable bonds is 5. The molecule has 3 aromatic carbocycles. The van der Waals surface area contributed by atoms with Crippen molar-refractivity contribution in [2.75, 3.05) is 36.0 Å². The van der Waals surface area contributed by atoms with Crippen LogP contribution in [0.2, 0.25) is 0 Å². The molecule has 0 atom stereocenters.